The summed E-state index contributed by atoms with van der Waals surface area (Å²) >= 11 is 12.0. The highest BCUT2D eigenvalue weighted by atomic mass is 35.5. The Morgan fingerprint density at radius 2 is 1.81 bits per heavy atom. The number of ether oxygens (including phenoxy) is 1. The molecular formula is C22H17Cl2F2N3O3. The number of methoxy groups -OCH3 is 1. The SMILES string of the molecule is COC(=O)C(Cl)C(C)c1cc(-c2c(F)ccc(CC(Cl)C(N)=O)c2C#N)c(F)cc1C#N. The van der Waals surface area contributed by atoms with Crippen molar-refractivity contribution in [3.05, 3.63) is 58.2 Å². The lowest BCUT2D eigenvalue weighted by Crippen LogP contribution is -2.25. The van der Waals surface area contributed by atoms with Crippen molar-refractivity contribution in [2.24, 2.45) is 5.73 Å². The fourth-order valence-corrected chi connectivity index (χ4v) is 3.60. The molecule has 0 spiro atoms. The number of halogens is 4. The highest BCUT2D eigenvalue weighted by molar-refractivity contribution is 6.31. The van der Waals surface area contributed by atoms with Crippen LogP contribution in [0.2, 0.25) is 0 Å². The Balaban J connectivity index is 2.75. The Kier molecular flexibility index (Phi) is 8.15. The van der Waals surface area contributed by atoms with Crippen LogP contribution in [0.1, 0.15) is 35.1 Å². The molecule has 0 radical (unpaired) electrons. The standard InChI is InChI=1S/C22H17Cl2F2N3O3/c1-10(20(24)22(31)32-2)13-7-14(18(26)6-12(13)8-27)19-15(9-28)11(3-4-17(19)25)5-16(23)21(29)30/h3-4,6-7,10,16,20H,5H2,1-2H3,(H2,29,30). The van der Waals surface area contributed by atoms with E-state index in [-0.39, 0.29) is 39.8 Å². The molecule has 6 nitrogen and oxygen atoms in total. The minimum atomic E-state index is -1.20. The van der Waals surface area contributed by atoms with Crippen LogP contribution in [0.5, 0.6) is 0 Å². The molecule has 2 N–H and O–H groups in total. The third-order valence-corrected chi connectivity index (χ3v) is 5.87. The molecule has 32 heavy (non-hydrogen) atoms. The molecule has 0 aliphatic heterocycles. The minimum Gasteiger partial charge on any atom is -0.468 e. The molecular weight excluding hydrogens is 463 g/mol. The van der Waals surface area contributed by atoms with Crippen LogP contribution in [0.4, 0.5) is 8.78 Å². The van der Waals surface area contributed by atoms with Crippen LogP contribution in [0.15, 0.2) is 24.3 Å². The Hall–Kier alpha value is -3.20. The molecule has 3 atom stereocenters. The average Bonchev–Trinajstić information content (AvgIpc) is 2.78. The monoisotopic (exact) mass is 479 g/mol. The zero-order valence-corrected chi connectivity index (χ0v) is 18.5. The number of amides is 1. The van der Waals surface area contributed by atoms with E-state index in [0.29, 0.717) is 0 Å². The number of primary amides is 1. The molecule has 0 heterocycles. The first-order chi connectivity index (χ1) is 15.1. The zero-order chi connectivity index (χ0) is 24.2. The number of nitrogens with two attached hydrogens (primary N) is 1. The first-order valence-electron chi connectivity index (χ1n) is 9.17. The van der Waals surface area contributed by atoms with Gasteiger partial charge in [0, 0.05) is 17.0 Å². The van der Waals surface area contributed by atoms with E-state index in [4.69, 9.17) is 28.9 Å². The number of carbonyl (C=O) groups excluding carboxylic acids is 2. The van der Waals surface area contributed by atoms with Gasteiger partial charge in [0.05, 0.1) is 24.3 Å². The first-order valence-corrected chi connectivity index (χ1v) is 10.0. The Morgan fingerprint density at radius 1 is 1.16 bits per heavy atom. The van der Waals surface area contributed by atoms with Gasteiger partial charge in [0.2, 0.25) is 5.91 Å². The first kappa shape index (κ1) is 25.1. The molecule has 0 aliphatic rings. The Morgan fingerprint density at radius 3 is 2.34 bits per heavy atom. The number of alkyl halides is 2. The highest BCUT2D eigenvalue weighted by Gasteiger charge is 2.29. The fourth-order valence-electron chi connectivity index (χ4n) is 3.20. The second-order valence-electron chi connectivity index (χ2n) is 6.89. The number of esters is 1. The van der Waals surface area contributed by atoms with Crippen molar-refractivity contribution in [3.63, 3.8) is 0 Å². The van der Waals surface area contributed by atoms with E-state index in [1.165, 1.54) is 19.1 Å². The van der Waals surface area contributed by atoms with Gasteiger partial charge in [-0.25, -0.2) is 8.78 Å². The molecule has 10 heteroatoms. The van der Waals surface area contributed by atoms with Gasteiger partial charge in [-0.05, 0) is 35.7 Å². The number of hydrogen-bond donors (Lipinski definition) is 1. The van der Waals surface area contributed by atoms with Crippen molar-refractivity contribution in [3.8, 4) is 23.3 Å². The fraction of sp³-hybridized carbons (Fsp3) is 0.273. The maximum atomic E-state index is 15.0. The lowest BCUT2D eigenvalue weighted by atomic mass is 9.87. The average molecular weight is 480 g/mol. The van der Waals surface area contributed by atoms with Gasteiger partial charge in [-0.2, -0.15) is 10.5 Å². The van der Waals surface area contributed by atoms with E-state index in [2.05, 4.69) is 4.74 Å². The van der Waals surface area contributed by atoms with Crippen molar-refractivity contribution in [1.29, 1.82) is 10.5 Å². The predicted molar refractivity (Wildman–Crippen MR) is 114 cm³/mol. The van der Waals surface area contributed by atoms with Crippen LogP contribution in [0, 0.1) is 34.3 Å². The molecule has 3 unspecified atom stereocenters. The highest BCUT2D eigenvalue weighted by Crippen LogP contribution is 2.36. The van der Waals surface area contributed by atoms with Crippen LogP contribution >= 0.6 is 23.2 Å². The van der Waals surface area contributed by atoms with E-state index in [9.17, 15) is 28.9 Å². The summed E-state index contributed by atoms with van der Waals surface area (Å²) in [6.07, 6.45) is -0.180. The number of rotatable bonds is 7. The summed E-state index contributed by atoms with van der Waals surface area (Å²) in [7, 11) is 1.14. The van der Waals surface area contributed by atoms with Crippen LogP contribution in [-0.2, 0) is 20.7 Å². The van der Waals surface area contributed by atoms with Gasteiger partial charge in [0.1, 0.15) is 28.5 Å². The molecule has 2 aromatic rings. The van der Waals surface area contributed by atoms with Crippen molar-refractivity contribution in [2.45, 2.75) is 30.0 Å². The van der Waals surface area contributed by atoms with Crippen LogP contribution in [-0.4, -0.2) is 29.7 Å². The molecule has 0 fully saturated rings. The van der Waals surface area contributed by atoms with Crippen LogP contribution < -0.4 is 5.73 Å². The van der Waals surface area contributed by atoms with Crippen molar-refractivity contribution < 1.29 is 23.1 Å². The third kappa shape index (κ3) is 4.99. The molecule has 0 saturated heterocycles. The Bertz CT molecular complexity index is 1160. The summed E-state index contributed by atoms with van der Waals surface area (Å²) in [6.45, 7) is 1.52. The molecule has 0 aromatic heterocycles. The lowest BCUT2D eigenvalue weighted by molar-refractivity contribution is -0.140. The van der Waals surface area contributed by atoms with Gasteiger partial charge in [-0.1, -0.05) is 13.0 Å². The van der Waals surface area contributed by atoms with E-state index >= 15 is 0 Å². The van der Waals surface area contributed by atoms with Gasteiger partial charge in [0.15, 0.2) is 0 Å². The number of carbonyl (C=O) groups is 2. The smallest absolute Gasteiger partial charge is 0.324 e. The predicted octanol–water partition coefficient (Wildman–Crippen LogP) is 3.89. The van der Waals surface area contributed by atoms with E-state index in [1.807, 2.05) is 12.1 Å². The number of benzene rings is 2. The van der Waals surface area contributed by atoms with Gasteiger partial charge in [0.25, 0.3) is 0 Å². The summed E-state index contributed by atoms with van der Waals surface area (Å²) in [6, 6.07) is 7.96. The van der Waals surface area contributed by atoms with Gasteiger partial charge >= 0.3 is 5.97 Å². The normalized spacial score (nSPS) is 13.4. The summed E-state index contributed by atoms with van der Waals surface area (Å²) in [4.78, 5) is 23.1. The summed E-state index contributed by atoms with van der Waals surface area (Å²) in [5.41, 5.74) is 4.46. The van der Waals surface area contributed by atoms with Crippen molar-refractivity contribution in [2.75, 3.05) is 7.11 Å². The summed E-state index contributed by atoms with van der Waals surface area (Å²) < 4.78 is 34.4. The molecule has 1 amide bonds. The number of nitrogens with zero attached hydrogens (tertiary/aromatic N) is 2. The van der Waals surface area contributed by atoms with Crippen molar-refractivity contribution >= 4 is 35.1 Å². The second kappa shape index (κ2) is 10.4. The third-order valence-electron chi connectivity index (χ3n) is 4.95. The number of hydrogen-bond acceptors (Lipinski definition) is 5. The molecule has 2 rings (SSSR count). The zero-order valence-electron chi connectivity index (χ0n) is 17.0. The quantitative estimate of drug-likeness (QED) is 0.477. The van der Waals surface area contributed by atoms with Gasteiger partial charge in [-0.3, -0.25) is 9.59 Å². The molecule has 0 aliphatic carbocycles. The molecule has 0 bridgehead atoms. The largest absolute Gasteiger partial charge is 0.468 e. The topological polar surface area (TPSA) is 117 Å². The van der Waals surface area contributed by atoms with Crippen molar-refractivity contribution in [1.82, 2.24) is 0 Å². The maximum absolute atomic E-state index is 15.0. The second-order valence-corrected chi connectivity index (χ2v) is 7.88. The number of nitriles is 2. The van der Waals surface area contributed by atoms with Gasteiger partial charge in [-0.15, -0.1) is 23.2 Å². The van der Waals surface area contributed by atoms with E-state index in [0.717, 1.165) is 19.2 Å². The van der Waals surface area contributed by atoms with E-state index < -0.39 is 40.2 Å². The lowest BCUT2D eigenvalue weighted by Gasteiger charge is -2.20. The Labute approximate surface area is 193 Å². The molecule has 166 valence electrons. The minimum absolute atomic E-state index is 0.113. The molecule has 2 aromatic carbocycles. The molecule has 0 saturated carbocycles. The van der Waals surface area contributed by atoms with Gasteiger partial charge < -0.3 is 10.5 Å². The summed E-state index contributed by atoms with van der Waals surface area (Å²) in [5, 5.41) is 16.7. The van der Waals surface area contributed by atoms with E-state index in [1.54, 1.807) is 0 Å². The van der Waals surface area contributed by atoms with Crippen LogP contribution in [0.25, 0.3) is 11.1 Å². The van der Waals surface area contributed by atoms with Crippen LogP contribution in [0.3, 0.4) is 0 Å². The summed E-state index contributed by atoms with van der Waals surface area (Å²) in [5.74, 6) is -4.28. The maximum Gasteiger partial charge on any atom is 0.324 e.